The molecular formula is C23H28ClFN2O3S. The van der Waals surface area contributed by atoms with E-state index >= 15 is 0 Å². The van der Waals surface area contributed by atoms with Crippen LogP contribution in [0.3, 0.4) is 0 Å². The molecule has 0 spiro atoms. The smallest absolute Gasteiger partial charge is 0.242 e. The van der Waals surface area contributed by atoms with Gasteiger partial charge in [-0.3, -0.25) is 4.90 Å². The molecule has 8 heteroatoms. The first kappa shape index (κ1) is 22.5. The Morgan fingerprint density at radius 2 is 1.81 bits per heavy atom. The van der Waals surface area contributed by atoms with E-state index in [1.807, 2.05) is 18.2 Å². The predicted octanol–water partition coefficient (Wildman–Crippen LogP) is 4.55. The van der Waals surface area contributed by atoms with Gasteiger partial charge in [-0.1, -0.05) is 23.7 Å². The molecule has 2 aromatic carbocycles. The van der Waals surface area contributed by atoms with Crippen LogP contribution in [0.25, 0.3) is 0 Å². The number of hydrogen-bond donors (Lipinski definition) is 0. The third-order valence-corrected chi connectivity index (χ3v) is 8.43. The van der Waals surface area contributed by atoms with Gasteiger partial charge in [0, 0.05) is 20.1 Å². The Kier molecular flexibility index (Phi) is 6.86. The van der Waals surface area contributed by atoms with E-state index in [9.17, 15) is 12.8 Å². The summed E-state index contributed by atoms with van der Waals surface area (Å²) in [5, 5.41) is 0.675. The number of hydrogen-bond acceptors (Lipinski definition) is 4. The molecule has 5 nitrogen and oxygen atoms in total. The van der Waals surface area contributed by atoms with Gasteiger partial charge in [0.1, 0.15) is 11.6 Å². The summed E-state index contributed by atoms with van der Waals surface area (Å²) in [5.41, 5.74) is 1.09. The summed E-state index contributed by atoms with van der Waals surface area (Å²) in [6.07, 6.45) is 4.06. The zero-order valence-corrected chi connectivity index (χ0v) is 19.2. The fourth-order valence-electron chi connectivity index (χ4n) is 4.30. The lowest BCUT2D eigenvalue weighted by molar-refractivity contribution is 0.0575. The Labute approximate surface area is 188 Å². The van der Waals surface area contributed by atoms with Gasteiger partial charge >= 0.3 is 0 Å². The summed E-state index contributed by atoms with van der Waals surface area (Å²) in [5.74, 6) is 0.467. The van der Waals surface area contributed by atoms with Gasteiger partial charge in [-0.25, -0.2) is 17.1 Å². The fraction of sp³-hybridized carbons (Fsp3) is 0.478. The summed E-state index contributed by atoms with van der Waals surface area (Å²) in [6.45, 7) is 3.47. The lowest BCUT2D eigenvalue weighted by Gasteiger charge is -2.37. The van der Waals surface area contributed by atoms with E-state index in [2.05, 4.69) is 4.90 Å². The van der Waals surface area contributed by atoms with Gasteiger partial charge in [0.2, 0.25) is 10.0 Å². The molecule has 1 heterocycles. The number of halogens is 2. The van der Waals surface area contributed by atoms with Crippen molar-refractivity contribution in [1.29, 1.82) is 0 Å². The minimum absolute atomic E-state index is 0.0338. The van der Waals surface area contributed by atoms with Crippen molar-refractivity contribution in [3.63, 3.8) is 0 Å². The minimum atomic E-state index is -3.63. The molecule has 0 amide bonds. The topological polar surface area (TPSA) is 49.9 Å². The average Bonchev–Trinajstić information content (AvgIpc) is 3.22. The highest BCUT2D eigenvalue weighted by Crippen LogP contribution is 2.37. The first-order valence-electron chi connectivity index (χ1n) is 10.7. The Hall–Kier alpha value is -1.67. The molecule has 1 saturated heterocycles. The summed E-state index contributed by atoms with van der Waals surface area (Å²) in [6, 6.07) is 10.8. The molecular weight excluding hydrogens is 439 g/mol. The number of sulfonamides is 1. The lowest BCUT2D eigenvalue weighted by Crippen LogP contribution is -2.41. The molecule has 2 aliphatic rings. The largest absolute Gasteiger partial charge is 0.489 e. The standard InChI is InChI=1S/C23H28ClFN2O3S/c1-26(31(28,29)21-9-7-19(25)8-10-21)15-17-13-20(14-17)30-22-6-4-5-18(23(22)24)16-27-11-2-3-12-27/h4-10,17,20H,2-3,11-16H2,1H3. The molecule has 168 valence electrons. The van der Waals surface area contributed by atoms with E-state index in [4.69, 9.17) is 16.3 Å². The van der Waals surface area contributed by atoms with Gasteiger partial charge in [-0.05, 0) is 80.6 Å². The minimum Gasteiger partial charge on any atom is -0.489 e. The van der Waals surface area contributed by atoms with Crippen molar-refractivity contribution in [2.75, 3.05) is 26.7 Å². The van der Waals surface area contributed by atoms with Gasteiger partial charge in [-0.2, -0.15) is 0 Å². The van der Waals surface area contributed by atoms with Crippen LogP contribution in [0, 0.1) is 11.7 Å². The van der Waals surface area contributed by atoms with E-state index in [0.29, 0.717) is 17.3 Å². The second-order valence-electron chi connectivity index (χ2n) is 8.53. The number of ether oxygens (including phenoxy) is 1. The molecule has 1 aliphatic heterocycles. The van der Waals surface area contributed by atoms with Gasteiger partial charge < -0.3 is 4.74 Å². The van der Waals surface area contributed by atoms with Crippen molar-refractivity contribution >= 4 is 21.6 Å². The van der Waals surface area contributed by atoms with Gasteiger partial charge in [0.15, 0.2) is 0 Å². The van der Waals surface area contributed by atoms with Crippen LogP contribution in [0.15, 0.2) is 47.4 Å². The van der Waals surface area contributed by atoms with Crippen molar-refractivity contribution in [3.8, 4) is 5.75 Å². The molecule has 0 N–H and O–H groups in total. The van der Waals surface area contributed by atoms with Crippen molar-refractivity contribution in [3.05, 3.63) is 58.9 Å². The molecule has 31 heavy (non-hydrogen) atoms. The molecule has 0 bridgehead atoms. The van der Waals surface area contributed by atoms with Crippen LogP contribution in [-0.4, -0.2) is 50.4 Å². The van der Waals surface area contributed by atoms with Gasteiger partial charge in [0.05, 0.1) is 16.0 Å². The molecule has 2 fully saturated rings. The third-order valence-electron chi connectivity index (χ3n) is 6.16. The molecule has 1 saturated carbocycles. The summed E-state index contributed by atoms with van der Waals surface area (Å²) >= 11 is 6.61. The second-order valence-corrected chi connectivity index (χ2v) is 11.0. The van der Waals surface area contributed by atoms with Crippen LogP contribution < -0.4 is 4.74 Å². The average molecular weight is 467 g/mol. The Bertz CT molecular complexity index is 1000. The maximum Gasteiger partial charge on any atom is 0.242 e. The molecule has 0 aromatic heterocycles. The normalized spacial score (nSPS) is 21.9. The lowest BCUT2D eigenvalue weighted by atomic mass is 9.82. The summed E-state index contributed by atoms with van der Waals surface area (Å²) in [4.78, 5) is 2.51. The molecule has 0 atom stereocenters. The third kappa shape index (κ3) is 5.22. The maximum absolute atomic E-state index is 13.1. The zero-order chi connectivity index (χ0) is 22.0. The quantitative estimate of drug-likeness (QED) is 0.572. The zero-order valence-electron chi connectivity index (χ0n) is 17.6. The van der Waals surface area contributed by atoms with Crippen molar-refractivity contribution < 1.29 is 17.5 Å². The Balaban J connectivity index is 1.30. The first-order chi connectivity index (χ1) is 14.8. The number of nitrogens with zero attached hydrogens (tertiary/aromatic N) is 2. The predicted molar refractivity (Wildman–Crippen MR) is 119 cm³/mol. The highest BCUT2D eigenvalue weighted by Gasteiger charge is 2.34. The van der Waals surface area contributed by atoms with Crippen LogP contribution in [0.5, 0.6) is 5.75 Å². The van der Waals surface area contributed by atoms with Crippen molar-refractivity contribution in [2.45, 2.75) is 43.2 Å². The molecule has 4 rings (SSSR count). The summed E-state index contributed by atoms with van der Waals surface area (Å²) < 4.78 is 45.9. The van der Waals surface area contributed by atoms with Crippen LogP contribution in [-0.2, 0) is 16.6 Å². The van der Waals surface area contributed by atoms with E-state index in [1.54, 1.807) is 7.05 Å². The Morgan fingerprint density at radius 1 is 1.13 bits per heavy atom. The summed E-state index contributed by atoms with van der Waals surface area (Å²) in [7, 11) is -2.07. The number of benzene rings is 2. The van der Waals surface area contributed by atoms with Crippen molar-refractivity contribution in [2.24, 2.45) is 5.92 Å². The Morgan fingerprint density at radius 3 is 2.48 bits per heavy atom. The van der Waals surface area contributed by atoms with E-state index in [1.165, 1.54) is 29.3 Å². The van der Waals surface area contributed by atoms with E-state index < -0.39 is 15.8 Å². The molecule has 2 aromatic rings. The highest BCUT2D eigenvalue weighted by molar-refractivity contribution is 7.89. The molecule has 0 radical (unpaired) electrons. The van der Waals surface area contributed by atoms with E-state index in [-0.39, 0.29) is 16.9 Å². The van der Waals surface area contributed by atoms with Crippen molar-refractivity contribution in [1.82, 2.24) is 9.21 Å². The van der Waals surface area contributed by atoms with Crippen LogP contribution in [0.2, 0.25) is 5.02 Å². The second kappa shape index (κ2) is 9.45. The SMILES string of the molecule is CN(CC1CC(Oc2cccc(CN3CCCC3)c2Cl)C1)S(=O)(=O)c1ccc(F)cc1. The van der Waals surface area contributed by atoms with Crippen LogP contribution in [0.1, 0.15) is 31.2 Å². The highest BCUT2D eigenvalue weighted by atomic mass is 35.5. The molecule has 1 aliphatic carbocycles. The molecule has 0 unspecified atom stereocenters. The van der Waals surface area contributed by atoms with E-state index in [0.717, 1.165) is 50.2 Å². The van der Waals surface area contributed by atoms with Crippen LogP contribution in [0.4, 0.5) is 4.39 Å². The monoisotopic (exact) mass is 466 g/mol. The number of rotatable bonds is 8. The fourth-order valence-corrected chi connectivity index (χ4v) is 5.78. The number of likely N-dealkylation sites (tertiary alicyclic amines) is 1. The van der Waals surface area contributed by atoms with Gasteiger partial charge in [-0.15, -0.1) is 0 Å². The van der Waals surface area contributed by atoms with Crippen LogP contribution >= 0.6 is 11.6 Å². The van der Waals surface area contributed by atoms with Gasteiger partial charge in [0.25, 0.3) is 0 Å². The maximum atomic E-state index is 13.1. The first-order valence-corrected chi connectivity index (χ1v) is 12.5.